The quantitative estimate of drug-likeness (QED) is 0.693. The molecule has 3 atom stereocenters. The van der Waals surface area contributed by atoms with Gasteiger partial charge in [0.25, 0.3) is 0 Å². The molecule has 4 heteroatoms. The molecule has 122 valence electrons. The van der Waals surface area contributed by atoms with Crippen molar-refractivity contribution in [2.24, 2.45) is 5.92 Å². The molecular formula is C20H18BrNO2. The lowest BCUT2D eigenvalue weighted by molar-refractivity contribution is 0.0697. The monoisotopic (exact) mass is 383 g/mol. The van der Waals surface area contributed by atoms with Crippen molar-refractivity contribution in [1.82, 2.24) is 0 Å². The van der Waals surface area contributed by atoms with Crippen LogP contribution in [0.15, 0.2) is 53.0 Å². The smallest absolute Gasteiger partial charge is 0.337 e. The second-order valence-corrected chi connectivity index (χ2v) is 7.53. The van der Waals surface area contributed by atoms with Crippen molar-refractivity contribution in [3.8, 4) is 0 Å². The standard InChI is InChI=1S/C20H18BrNO2/c1-11-4-2-5-12(8-11)18-15-7-3-6-14(15)16-9-13(21)10-17(20(23)24)19(16)22-18/h2-6,8-10,14-15,18,22H,7H2,1H3,(H,23,24)/t14-,15+,18+/m1/s1. The van der Waals surface area contributed by atoms with Crippen LogP contribution in [-0.4, -0.2) is 11.1 Å². The topological polar surface area (TPSA) is 49.3 Å². The van der Waals surface area contributed by atoms with Crippen LogP contribution in [0, 0.1) is 12.8 Å². The summed E-state index contributed by atoms with van der Waals surface area (Å²) >= 11 is 3.46. The second-order valence-electron chi connectivity index (χ2n) is 6.61. The van der Waals surface area contributed by atoms with E-state index in [0.29, 0.717) is 11.5 Å². The number of halogens is 1. The first-order chi connectivity index (χ1) is 11.5. The Morgan fingerprint density at radius 2 is 2.12 bits per heavy atom. The van der Waals surface area contributed by atoms with Gasteiger partial charge in [-0.05, 0) is 42.5 Å². The average molecular weight is 384 g/mol. The molecule has 0 unspecified atom stereocenters. The van der Waals surface area contributed by atoms with E-state index in [0.717, 1.165) is 22.1 Å². The summed E-state index contributed by atoms with van der Waals surface area (Å²) in [5.41, 5.74) is 4.60. The highest BCUT2D eigenvalue weighted by Gasteiger charge is 2.39. The summed E-state index contributed by atoms with van der Waals surface area (Å²) in [5, 5.41) is 13.2. The largest absolute Gasteiger partial charge is 0.478 e. The summed E-state index contributed by atoms with van der Waals surface area (Å²) < 4.78 is 0.813. The van der Waals surface area contributed by atoms with Gasteiger partial charge in [0.15, 0.2) is 0 Å². The number of carbonyl (C=O) groups is 1. The van der Waals surface area contributed by atoms with Crippen molar-refractivity contribution in [3.63, 3.8) is 0 Å². The Balaban J connectivity index is 1.87. The molecule has 0 bridgehead atoms. The van der Waals surface area contributed by atoms with Gasteiger partial charge in [-0.25, -0.2) is 4.79 Å². The predicted octanol–water partition coefficient (Wildman–Crippen LogP) is 5.28. The Hall–Kier alpha value is -2.07. The summed E-state index contributed by atoms with van der Waals surface area (Å²) in [5.74, 6) is -0.235. The first kappa shape index (κ1) is 15.5. The van der Waals surface area contributed by atoms with E-state index in [2.05, 4.69) is 70.7 Å². The molecule has 2 aromatic carbocycles. The van der Waals surface area contributed by atoms with Crippen molar-refractivity contribution in [1.29, 1.82) is 0 Å². The van der Waals surface area contributed by atoms with E-state index in [1.807, 2.05) is 0 Å². The Morgan fingerprint density at radius 1 is 1.29 bits per heavy atom. The molecule has 0 amide bonds. The fourth-order valence-electron chi connectivity index (χ4n) is 4.03. The third kappa shape index (κ3) is 2.46. The van der Waals surface area contributed by atoms with Gasteiger partial charge in [0.05, 0.1) is 17.3 Å². The normalized spacial score (nSPS) is 24.2. The average Bonchev–Trinajstić information content (AvgIpc) is 3.03. The van der Waals surface area contributed by atoms with Crippen LogP contribution in [0.4, 0.5) is 5.69 Å². The van der Waals surface area contributed by atoms with E-state index in [-0.39, 0.29) is 12.0 Å². The second kappa shape index (κ2) is 5.78. The molecule has 4 rings (SSSR count). The van der Waals surface area contributed by atoms with Crippen LogP contribution < -0.4 is 5.32 Å². The summed E-state index contributed by atoms with van der Waals surface area (Å²) in [6.45, 7) is 2.09. The number of allylic oxidation sites excluding steroid dienone is 2. The fraction of sp³-hybridized carbons (Fsp3) is 0.250. The molecule has 2 N–H and O–H groups in total. The van der Waals surface area contributed by atoms with E-state index in [1.54, 1.807) is 6.07 Å². The lowest BCUT2D eigenvalue weighted by Crippen LogP contribution is -2.30. The molecule has 1 aliphatic heterocycles. The molecule has 3 nitrogen and oxygen atoms in total. The maximum absolute atomic E-state index is 11.7. The highest BCUT2D eigenvalue weighted by molar-refractivity contribution is 9.10. The third-order valence-electron chi connectivity index (χ3n) is 5.07. The molecular weight excluding hydrogens is 366 g/mol. The molecule has 0 saturated carbocycles. The molecule has 24 heavy (non-hydrogen) atoms. The Kier molecular flexibility index (Phi) is 3.72. The van der Waals surface area contributed by atoms with Gasteiger partial charge in [-0.3, -0.25) is 0 Å². The van der Waals surface area contributed by atoms with Gasteiger partial charge in [0.1, 0.15) is 0 Å². The number of fused-ring (bicyclic) bond motifs is 3. The maximum atomic E-state index is 11.7. The van der Waals surface area contributed by atoms with Crippen molar-refractivity contribution in [2.45, 2.75) is 25.3 Å². The number of hydrogen-bond donors (Lipinski definition) is 2. The van der Waals surface area contributed by atoms with Crippen molar-refractivity contribution in [3.05, 3.63) is 75.3 Å². The van der Waals surface area contributed by atoms with Crippen molar-refractivity contribution < 1.29 is 9.90 Å². The van der Waals surface area contributed by atoms with Crippen LogP contribution in [0.1, 0.15) is 45.4 Å². The molecule has 0 aromatic heterocycles. The minimum Gasteiger partial charge on any atom is -0.478 e. The highest BCUT2D eigenvalue weighted by Crippen LogP contribution is 2.51. The zero-order chi connectivity index (χ0) is 16.8. The van der Waals surface area contributed by atoms with Gasteiger partial charge in [-0.15, -0.1) is 0 Å². The first-order valence-electron chi connectivity index (χ1n) is 8.11. The maximum Gasteiger partial charge on any atom is 0.337 e. The minimum atomic E-state index is -0.900. The number of carboxylic acids is 1. The summed E-state index contributed by atoms with van der Waals surface area (Å²) in [6.07, 6.45) is 5.45. The SMILES string of the molecule is Cc1cccc([C@@H]2Nc3c(C(=O)O)cc(Br)cc3[C@@H]3C=CC[C@@H]32)c1. The highest BCUT2D eigenvalue weighted by atomic mass is 79.9. The Morgan fingerprint density at radius 3 is 2.88 bits per heavy atom. The lowest BCUT2D eigenvalue weighted by Gasteiger charge is -2.38. The predicted molar refractivity (Wildman–Crippen MR) is 98.6 cm³/mol. The van der Waals surface area contributed by atoms with Gasteiger partial charge < -0.3 is 10.4 Å². The Labute approximate surface area is 149 Å². The van der Waals surface area contributed by atoms with Crippen molar-refractivity contribution >= 4 is 27.6 Å². The first-order valence-corrected chi connectivity index (χ1v) is 8.90. The van der Waals surface area contributed by atoms with Crippen LogP contribution in [0.2, 0.25) is 0 Å². The van der Waals surface area contributed by atoms with Gasteiger partial charge in [0, 0.05) is 10.4 Å². The van der Waals surface area contributed by atoms with E-state index in [9.17, 15) is 9.90 Å². The van der Waals surface area contributed by atoms with Gasteiger partial charge in [0.2, 0.25) is 0 Å². The van der Waals surface area contributed by atoms with E-state index < -0.39 is 5.97 Å². The number of rotatable bonds is 2. The van der Waals surface area contributed by atoms with E-state index in [4.69, 9.17) is 0 Å². The van der Waals surface area contributed by atoms with Crippen LogP contribution in [0.5, 0.6) is 0 Å². The zero-order valence-corrected chi connectivity index (χ0v) is 14.9. The molecule has 0 spiro atoms. The molecule has 0 fully saturated rings. The zero-order valence-electron chi connectivity index (χ0n) is 13.3. The van der Waals surface area contributed by atoms with Crippen LogP contribution >= 0.6 is 15.9 Å². The van der Waals surface area contributed by atoms with Gasteiger partial charge in [-0.2, -0.15) is 0 Å². The van der Waals surface area contributed by atoms with Crippen LogP contribution in [-0.2, 0) is 0 Å². The molecule has 1 aliphatic carbocycles. The van der Waals surface area contributed by atoms with Gasteiger partial charge in [-0.1, -0.05) is 57.9 Å². The number of hydrogen-bond acceptors (Lipinski definition) is 2. The summed E-state index contributed by atoms with van der Waals surface area (Å²) in [6, 6.07) is 12.3. The molecule has 1 heterocycles. The lowest BCUT2D eigenvalue weighted by atomic mass is 9.76. The van der Waals surface area contributed by atoms with Gasteiger partial charge >= 0.3 is 5.97 Å². The minimum absolute atomic E-state index is 0.122. The number of carboxylic acid groups (broad SMARTS) is 1. The number of anilines is 1. The third-order valence-corrected chi connectivity index (χ3v) is 5.52. The fourth-order valence-corrected chi connectivity index (χ4v) is 4.50. The molecule has 2 aliphatic rings. The van der Waals surface area contributed by atoms with E-state index in [1.165, 1.54) is 11.1 Å². The summed E-state index contributed by atoms with van der Waals surface area (Å²) in [4.78, 5) is 11.7. The summed E-state index contributed by atoms with van der Waals surface area (Å²) in [7, 11) is 0. The number of aromatic carboxylic acids is 1. The van der Waals surface area contributed by atoms with E-state index >= 15 is 0 Å². The molecule has 0 saturated heterocycles. The van der Waals surface area contributed by atoms with Crippen molar-refractivity contribution in [2.75, 3.05) is 5.32 Å². The Bertz CT molecular complexity index is 859. The molecule has 2 aromatic rings. The molecule has 0 radical (unpaired) electrons. The van der Waals surface area contributed by atoms with Crippen LogP contribution in [0.25, 0.3) is 0 Å². The van der Waals surface area contributed by atoms with Crippen LogP contribution in [0.3, 0.4) is 0 Å². The number of aryl methyl sites for hydroxylation is 1. The number of nitrogens with one attached hydrogen (secondary N) is 1. The number of benzene rings is 2.